The second-order valence-electron chi connectivity index (χ2n) is 5.88. The molecule has 1 aliphatic heterocycles. The van der Waals surface area contributed by atoms with Crippen LogP contribution in [0.5, 0.6) is 0 Å². The summed E-state index contributed by atoms with van der Waals surface area (Å²) >= 11 is 0. The summed E-state index contributed by atoms with van der Waals surface area (Å²) in [5.74, 6) is -0.156. The van der Waals surface area contributed by atoms with Crippen LogP contribution < -0.4 is 5.32 Å². The molecule has 0 fully saturated rings. The van der Waals surface area contributed by atoms with E-state index in [0.717, 1.165) is 25.2 Å². The van der Waals surface area contributed by atoms with Gasteiger partial charge in [-0.25, -0.2) is 0 Å². The van der Waals surface area contributed by atoms with Crippen molar-refractivity contribution in [1.82, 2.24) is 20.3 Å². The van der Waals surface area contributed by atoms with Crippen LogP contribution in [0.1, 0.15) is 21.5 Å². The van der Waals surface area contributed by atoms with Crippen LogP contribution in [0.2, 0.25) is 0 Å². The van der Waals surface area contributed by atoms with E-state index in [1.807, 2.05) is 24.3 Å². The van der Waals surface area contributed by atoms with Gasteiger partial charge >= 0.3 is 0 Å². The third-order valence-corrected chi connectivity index (χ3v) is 4.30. The Morgan fingerprint density at radius 1 is 1.22 bits per heavy atom. The Labute approximate surface area is 133 Å². The lowest BCUT2D eigenvalue weighted by molar-refractivity contribution is 0.102. The van der Waals surface area contributed by atoms with E-state index in [0.29, 0.717) is 16.6 Å². The molecule has 6 nitrogen and oxygen atoms in total. The van der Waals surface area contributed by atoms with Crippen molar-refractivity contribution in [3.05, 3.63) is 53.1 Å². The third-order valence-electron chi connectivity index (χ3n) is 4.30. The Kier molecular flexibility index (Phi) is 3.31. The molecule has 1 aliphatic rings. The average Bonchev–Trinajstić information content (AvgIpc) is 3.03. The average molecular weight is 307 g/mol. The maximum Gasteiger partial charge on any atom is 0.258 e. The van der Waals surface area contributed by atoms with Crippen LogP contribution in [-0.4, -0.2) is 39.8 Å². The van der Waals surface area contributed by atoms with Gasteiger partial charge in [-0.3, -0.25) is 4.79 Å². The van der Waals surface area contributed by atoms with Gasteiger partial charge in [0.1, 0.15) is 11.0 Å². The fraction of sp³-hybridized carbons (Fsp3) is 0.235. The number of benzene rings is 2. The molecule has 0 saturated heterocycles. The quantitative estimate of drug-likeness (QED) is 0.761. The summed E-state index contributed by atoms with van der Waals surface area (Å²) in [7, 11) is 2.11. The van der Waals surface area contributed by atoms with Gasteiger partial charge in [0.25, 0.3) is 5.91 Å². The van der Waals surface area contributed by atoms with Gasteiger partial charge in [0.2, 0.25) is 0 Å². The molecule has 0 aliphatic carbocycles. The molecule has 0 unspecified atom stereocenters. The highest BCUT2D eigenvalue weighted by Crippen LogP contribution is 2.26. The largest absolute Gasteiger partial charge is 0.322 e. The van der Waals surface area contributed by atoms with E-state index in [4.69, 9.17) is 0 Å². The number of fused-ring (bicyclic) bond motifs is 2. The van der Waals surface area contributed by atoms with Gasteiger partial charge in [0.05, 0.1) is 5.56 Å². The van der Waals surface area contributed by atoms with E-state index >= 15 is 0 Å². The monoisotopic (exact) mass is 307 g/mol. The first-order valence-corrected chi connectivity index (χ1v) is 7.62. The number of aromatic amines is 1. The van der Waals surface area contributed by atoms with Gasteiger partial charge in [0.15, 0.2) is 0 Å². The maximum absolute atomic E-state index is 12.7. The molecule has 0 bridgehead atoms. The highest BCUT2D eigenvalue weighted by atomic mass is 16.1. The zero-order chi connectivity index (χ0) is 15.8. The van der Waals surface area contributed by atoms with Crippen LogP contribution in [0, 0.1) is 0 Å². The topological polar surface area (TPSA) is 73.9 Å². The summed E-state index contributed by atoms with van der Waals surface area (Å²) in [5, 5.41) is 13.7. The van der Waals surface area contributed by atoms with Crippen LogP contribution >= 0.6 is 0 Å². The lowest BCUT2D eigenvalue weighted by Crippen LogP contribution is -2.27. The lowest BCUT2D eigenvalue weighted by atomic mass is 9.98. The molecule has 0 atom stereocenters. The van der Waals surface area contributed by atoms with E-state index < -0.39 is 0 Å². The highest BCUT2D eigenvalue weighted by Gasteiger charge is 2.19. The SMILES string of the molecule is CN1CCc2c(cccc2NC(=O)c2cccc3n[nH]nc23)C1. The van der Waals surface area contributed by atoms with E-state index in [9.17, 15) is 4.79 Å². The predicted molar refractivity (Wildman–Crippen MR) is 88.3 cm³/mol. The first-order chi connectivity index (χ1) is 11.2. The van der Waals surface area contributed by atoms with Crippen LogP contribution in [0.25, 0.3) is 11.0 Å². The summed E-state index contributed by atoms with van der Waals surface area (Å²) in [5.41, 5.74) is 5.20. The minimum absolute atomic E-state index is 0.156. The summed E-state index contributed by atoms with van der Waals surface area (Å²) in [6.45, 7) is 1.91. The number of para-hydroxylation sites is 1. The van der Waals surface area contributed by atoms with Gasteiger partial charge in [-0.2, -0.15) is 15.4 Å². The Bertz CT molecular complexity index is 886. The van der Waals surface area contributed by atoms with Gasteiger partial charge in [0, 0.05) is 18.8 Å². The number of amides is 1. The molecular weight excluding hydrogens is 290 g/mol. The molecule has 0 spiro atoms. The second-order valence-corrected chi connectivity index (χ2v) is 5.88. The van der Waals surface area contributed by atoms with Crippen molar-refractivity contribution >= 4 is 22.6 Å². The maximum atomic E-state index is 12.7. The zero-order valence-corrected chi connectivity index (χ0v) is 12.8. The van der Waals surface area contributed by atoms with Crippen LogP contribution in [0.15, 0.2) is 36.4 Å². The van der Waals surface area contributed by atoms with Crippen LogP contribution in [0.4, 0.5) is 5.69 Å². The fourth-order valence-electron chi connectivity index (χ4n) is 3.11. The predicted octanol–water partition coefficient (Wildman–Crippen LogP) is 2.20. The Balaban J connectivity index is 1.67. The summed E-state index contributed by atoms with van der Waals surface area (Å²) in [4.78, 5) is 15.0. The van der Waals surface area contributed by atoms with Crippen molar-refractivity contribution in [2.75, 3.05) is 18.9 Å². The Morgan fingerprint density at radius 2 is 2.09 bits per heavy atom. The summed E-state index contributed by atoms with van der Waals surface area (Å²) < 4.78 is 0. The number of carbonyl (C=O) groups is 1. The van der Waals surface area contributed by atoms with Gasteiger partial charge in [-0.05, 0) is 42.8 Å². The lowest BCUT2D eigenvalue weighted by Gasteiger charge is -2.26. The first kappa shape index (κ1) is 13.9. The number of hydrogen-bond donors (Lipinski definition) is 2. The molecule has 6 heteroatoms. The second kappa shape index (κ2) is 5.48. The van der Waals surface area contributed by atoms with Gasteiger partial charge in [-0.1, -0.05) is 18.2 Å². The van der Waals surface area contributed by atoms with Gasteiger partial charge < -0.3 is 10.2 Å². The molecule has 23 heavy (non-hydrogen) atoms. The number of nitrogens with one attached hydrogen (secondary N) is 2. The van der Waals surface area contributed by atoms with Crippen molar-refractivity contribution in [3.8, 4) is 0 Å². The molecule has 116 valence electrons. The summed E-state index contributed by atoms with van der Waals surface area (Å²) in [6, 6.07) is 11.5. The minimum atomic E-state index is -0.156. The minimum Gasteiger partial charge on any atom is -0.322 e. The molecule has 1 amide bonds. The van der Waals surface area contributed by atoms with Crippen molar-refractivity contribution in [1.29, 1.82) is 0 Å². The van der Waals surface area contributed by atoms with Crippen molar-refractivity contribution in [2.24, 2.45) is 0 Å². The number of likely N-dealkylation sites (N-methyl/N-ethyl adjacent to an activating group) is 1. The van der Waals surface area contributed by atoms with Crippen molar-refractivity contribution in [3.63, 3.8) is 0 Å². The number of anilines is 1. The molecule has 0 saturated carbocycles. The number of H-pyrrole nitrogens is 1. The third kappa shape index (κ3) is 2.47. The fourth-order valence-corrected chi connectivity index (χ4v) is 3.11. The molecule has 3 aromatic rings. The molecule has 2 heterocycles. The first-order valence-electron chi connectivity index (χ1n) is 7.62. The standard InChI is InChI=1S/C17H17N5O/c1-22-9-8-12-11(10-22)4-2-6-14(12)18-17(23)13-5-3-7-15-16(13)20-21-19-15/h2-7H,8-10H2,1H3,(H,18,23)(H,19,20,21). The molecule has 0 radical (unpaired) electrons. The van der Waals surface area contributed by atoms with Crippen LogP contribution in [0.3, 0.4) is 0 Å². The number of carbonyl (C=O) groups excluding carboxylic acids is 1. The normalized spacial score (nSPS) is 14.7. The molecular formula is C17H17N5O. The Hall–Kier alpha value is -2.73. The number of hydrogen-bond acceptors (Lipinski definition) is 4. The highest BCUT2D eigenvalue weighted by molar-refractivity contribution is 6.11. The molecule has 4 rings (SSSR count). The molecule has 1 aromatic heterocycles. The number of aromatic nitrogens is 3. The van der Waals surface area contributed by atoms with Crippen molar-refractivity contribution in [2.45, 2.75) is 13.0 Å². The molecule has 2 aromatic carbocycles. The van der Waals surface area contributed by atoms with E-state index in [1.165, 1.54) is 11.1 Å². The van der Waals surface area contributed by atoms with Crippen LogP contribution in [-0.2, 0) is 13.0 Å². The number of nitrogens with zero attached hydrogens (tertiary/aromatic N) is 3. The number of rotatable bonds is 2. The van der Waals surface area contributed by atoms with E-state index in [-0.39, 0.29) is 5.91 Å². The van der Waals surface area contributed by atoms with Gasteiger partial charge in [-0.15, -0.1) is 0 Å². The summed E-state index contributed by atoms with van der Waals surface area (Å²) in [6.07, 6.45) is 0.941. The Morgan fingerprint density at radius 3 is 3.00 bits per heavy atom. The van der Waals surface area contributed by atoms with Crippen molar-refractivity contribution < 1.29 is 4.79 Å². The van der Waals surface area contributed by atoms with E-state index in [1.54, 1.807) is 6.07 Å². The smallest absolute Gasteiger partial charge is 0.258 e. The zero-order valence-electron chi connectivity index (χ0n) is 12.8. The van der Waals surface area contributed by atoms with E-state index in [2.05, 4.69) is 38.7 Å². The molecule has 2 N–H and O–H groups in total.